The largest absolute Gasteiger partial charge is 0.490 e. The number of thioether (sulfide) groups is 1. The van der Waals surface area contributed by atoms with Crippen LogP contribution in [-0.4, -0.2) is 17.8 Å². The highest BCUT2D eigenvalue weighted by molar-refractivity contribution is 8.19. The number of carbonyl (C=O) groups excluding carboxylic acids is 2. The van der Waals surface area contributed by atoms with Gasteiger partial charge in [-0.15, -0.1) is 0 Å². The lowest BCUT2D eigenvalue weighted by Crippen LogP contribution is -2.27. The van der Waals surface area contributed by atoms with Gasteiger partial charge in [0, 0.05) is 15.6 Å². The summed E-state index contributed by atoms with van der Waals surface area (Å²) in [6, 6.07) is 17.3. The normalized spacial score (nSPS) is 14.7. The first-order chi connectivity index (χ1) is 16.4. The zero-order chi connectivity index (χ0) is 24.2. The van der Waals surface area contributed by atoms with Gasteiger partial charge in [-0.2, -0.15) is 0 Å². The first kappa shape index (κ1) is 24.5. The Bertz CT molecular complexity index is 1290. The van der Waals surface area contributed by atoms with Gasteiger partial charge in [-0.3, -0.25) is 9.59 Å². The third kappa shape index (κ3) is 5.36. The highest BCUT2D eigenvalue weighted by Crippen LogP contribution is 2.40. The van der Waals surface area contributed by atoms with Crippen molar-refractivity contribution in [3.63, 3.8) is 0 Å². The minimum atomic E-state index is -0.439. The van der Waals surface area contributed by atoms with Crippen LogP contribution in [0.4, 0.5) is 10.5 Å². The van der Waals surface area contributed by atoms with E-state index >= 15 is 0 Å². The Kier molecular flexibility index (Phi) is 7.73. The van der Waals surface area contributed by atoms with Crippen LogP contribution in [0.1, 0.15) is 18.1 Å². The summed E-state index contributed by atoms with van der Waals surface area (Å²) in [5.74, 6) is 0.348. The molecule has 1 aliphatic heterocycles. The summed E-state index contributed by atoms with van der Waals surface area (Å²) < 4.78 is 11.7. The summed E-state index contributed by atoms with van der Waals surface area (Å²) >= 11 is 19.6. The van der Waals surface area contributed by atoms with Gasteiger partial charge in [-0.05, 0) is 66.7 Å². The van der Waals surface area contributed by atoms with E-state index < -0.39 is 11.1 Å². The quantitative estimate of drug-likeness (QED) is 0.289. The van der Waals surface area contributed by atoms with Gasteiger partial charge >= 0.3 is 0 Å². The molecule has 0 bridgehead atoms. The van der Waals surface area contributed by atoms with E-state index in [0.29, 0.717) is 44.4 Å². The molecular formula is C25H18Cl3NO4S. The Hall–Kier alpha value is -2.64. The molecule has 0 aromatic heterocycles. The van der Waals surface area contributed by atoms with E-state index in [4.69, 9.17) is 44.3 Å². The maximum atomic E-state index is 13.0. The predicted octanol–water partition coefficient (Wildman–Crippen LogP) is 7.87. The van der Waals surface area contributed by atoms with Crippen molar-refractivity contribution in [3.8, 4) is 11.5 Å². The predicted molar refractivity (Wildman–Crippen MR) is 138 cm³/mol. The molecule has 0 N–H and O–H groups in total. The number of imide groups is 1. The first-order valence-electron chi connectivity index (χ1n) is 10.2. The van der Waals surface area contributed by atoms with E-state index in [1.54, 1.807) is 48.5 Å². The fourth-order valence-electron chi connectivity index (χ4n) is 3.30. The second-order valence-electron chi connectivity index (χ2n) is 7.14. The highest BCUT2D eigenvalue weighted by Gasteiger charge is 2.36. The van der Waals surface area contributed by atoms with Crippen molar-refractivity contribution in [2.24, 2.45) is 0 Å². The number of carbonyl (C=O) groups is 2. The van der Waals surface area contributed by atoms with Gasteiger partial charge in [0.25, 0.3) is 11.1 Å². The molecule has 1 saturated heterocycles. The molecule has 174 valence electrons. The number of halogens is 3. The molecule has 0 radical (unpaired) electrons. The second kappa shape index (κ2) is 10.7. The molecule has 0 aliphatic carbocycles. The third-order valence-electron chi connectivity index (χ3n) is 4.82. The summed E-state index contributed by atoms with van der Waals surface area (Å²) in [5, 5.41) is 0.914. The lowest BCUT2D eigenvalue weighted by atomic mass is 10.1. The van der Waals surface area contributed by atoms with E-state index in [2.05, 4.69) is 0 Å². The summed E-state index contributed by atoms with van der Waals surface area (Å²) in [6.07, 6.45) is 1.60. The van der Waals surface area contributed by atoms with Crippen LogP contribution in [0.2, 0.25) is 15.1 Å². The molecule has 0 unspecified atom stereocenters. The molecule has 1 aliphatic rings. The molecule has 0 atom stereocenters. The van der Waals surface area contributed by atoms with E-state index in [0.717, 1.165) is 22.2 Å². The van der Waals surface area contributed by atoms with Gasteiger partial charge in [0.2, 0.25) is 0 Å². The molecule has 3 aromatic rings. The number of nitrogens with zero attached hydrogens (tertiary/aromatic N) is 1. The van der Waals surface area contributed by atoms with E-state index in [-0.39, 0.29) is 11.5 Å². The Morgan fingerprint density at radius 1 is 0.941 bits per heavy atom. The highest BCUT2D eigenvalue weighted by atomic mass is 35.5. The van der Waals surface area contributed by atoms with Crippen molar-refractivity contribution in [1.29, 1.82) is 0 Å². The zero-order valence-corrected chi connectivity index (χ0v) is 21.0. The minimum Gasteiger partial charge on any atom is -0.490 e. The number of hydrogen-bond donors (Lipinski definition) is 0. The number of rotatable bonds is 7. The molecule has 2 amide bonds. The lowest BCUT2D eigenvalue weighted by Gasteiger charge is -2.15. The SMILES string of the molecule is CCOc1cc(/C=C2/SC(=O)N(c3cccc(Cl)c3)C2=O)cc(Cl)c1OCc1ccccc1Cl. The van der Waals surface area contributed by atoms with E-state index in [1.807, 2.05) is 25.1 Å². The van der Waals surface area contributed by atoms with Crippen LogP contribution in [0.3, 0.4) is 0 Å². The molecular weight excluding hydrogens is 517 g/mol. The Morgan fingerprint density at radius 3 is 2.47 bits per heavy atom. The minimum absolute atomic E-state index is 0.206. The molecule has 1 heterocycles. The average Bonchev–Trinajstić information content (AvgIpc) is 3.07. The van der Waals surface area contributed by atoms with Crippen LogP contribution in [0, 0.1) is 0 Å². The molecule has 34 heavy (non-hydrogen) atoms. The van der Waals surface area contributed by atoms with Crippen LogP contribution in [0.5, 0.6) is 11.5 Å². The van der Waals surface area contributed by atoms with Gasteiger partial charge in [-0.25, -0.2) is 4.90 Å². The van der Waals surface area contributed by atoms with Crippen LogP contribution < -0.4 is 14.4 Å². The average molecular weight is 535 g/mol. The number of benzene rings is 3. The monoisotopic (exact) mass is 533 g/mol. The van der Waals surface area contributed by atoms with Crippen molar-refractivity contribution in [3.05, 3.63) is 91.8 Å². The third-order valence-corrected chi connectivity index (χ3v) is 6.57. The number of amides is 2. The van der Waals surface area contributed by atoms with Gasteiger partial charge < -0.3 is 9.47 Å². The summed E-state index contributed by atoms with van der Waals surface area (Å²) in [7, 11) is 0. The molecule has 0 saturated carbocycles. The summed E-state index contributed by atoms with van der Waals surface area (Å²) in [5.41, 5.74) is 1.81. The van der Waals surface area contributed by atoms with Crippen molar-refractivity contribution < 1.29 is 19.1 Å². The molecule has 1 fully saturated rings. The van der Waals surface area contributed by atoms with Gasteiger partial charge in [0.05, 0.1) is 22.2 Å². The van der Waals surface area contributed by atoms with Crippen molar-refractivity contribution in [2.75, 3.05) is 11.5 Å². The maximum absolute atomic E-state index is 13.0. The van der Waals surface area contributed by atoms with Crippen molar-refractivity contribution in [1.82, 2.24) is 0 Å². The molecule has 4 rings (SSSR count). The standard InChI is InChI=1S/C25H18Cl3NO4S/c1-2-32-21-11-15(10-20(28)23(21)33-14-16-6-3-4-9-19(16)27)12-22-24(30)29(25(31)34-22)18-8-5-7-17(26)13-18/h3-13H,2,14H2,1H3/b22-12+. The fraction of sp³-hybridized carbons (Fsp3) is 0.120. The Labute approximate surface area is 216 Å². The Morgan fingerprint density at radius 2 is 1.74 bits per heavy atom. The smallest absolute Gasteiger partial charge is 0.298 e. The van der Waals surface area contributed by atoms with Crippen molar-refractivity contribution >= 4 is 69.5 Å². The second-order valence-corrected chi connectivity index (χ2v) is 9.38. The molecule has 5 nitrogen and oxygen atoms in total. The lowest BCUT2D eigenvalue weighted by molar-refractivity contribution is -0.113. The van der Waals surface area contributed by atoms with E-state index in [1.165, 1.54) is 0 Å². The van der Waals surface area contributed by atoms with Crippen molar-refractivity contribution in [2.45, 2.75) is 13.5 Å². The summed E-state index contributed by atoms with van der Waals surface area (Å²) in [6.45, 7) is 2.43. The summed E-state index contributed by atoms with van der Waals surface area (Å²) in [4.78, 5) is 26.8. The maximum Gasteiger partial charge on any atom is 0.298 e. The first-order valence-corrected chi connectivity index (χ1v) is 12.2. The molecule has 0 spiro atoms. The Balaban J connectivity index is 1.61. The molecule has 9 heteroatoms. The number of hydrogen-bond acceptors (Lipinski definition) is 5. The van der Waals surface area contributed by atoms with E-state index in [9.17, 15) is 9.59 Å². The number of ether oxygens (including phenoxy) is 2. The van der Waals surface area contributed by atoms with Gasteiger partial charge in [0.1, 0.15) is 6.61 Å². The van der Waals surface area contributed by atoms with Gasteiger partial charge in [-0.1, -0.05) is 59.1 Å². The van der Waals surface area contributed by atoms with Crippen LogP contribution in [-0.2, 0) is 11.4 Å². The zero-order valence-electron chi connectivity index (χ0n) is 17.9. The van der Waals surface area contributed by atoms with Crippen LogP contribution >= 0.6 is 46.6 Å². The van der Waals surface area contributed by atoms with Gasteiger partial charge in [0.15, 0.2) is 11.5 Å². The van der Waals surface area contributed by atoms with Crippen LogP contribution in [0.25, 0.3) is 6.08 Å². The molecule has 3 aromatic carbocycles. The topological polar surface area (TPSA) is 55.8 Å². The van der Waals surface area contributed by atoms with Crippen LogP contribution in [0.15, 0.2) is 65.6 Å². The fourth-order valence-corrected chi connectivity index (χ4v) is 4.79. The number of anilines is 1.